The van der Waals surface area contributed by atoms with Gasteiger partial charge in [-0.25, -0.2) is 0 Å². The minimum atomic E-state index is -0.00904. The Bertz CT molecular complexity index is 826. The van der Waals surface area contributed by atoms with E-state index in [1.54, 1.807) is 0 Å². The van der Waals surface area contributed by atoms with Crippen molar-refractivity contribution in [3.8, 4) is 5.75 Å². The number of benzene rings is 2. The summed E-state index contributed by atoms with van der Waals surface area (Å²) in [4.78, 5) is 28.9. The number of rotatable bonds is 8. The molecule has 0 atom stereocenters. The van der Waals surface area contributed by atoms with Crippen molar-refractivity contribution in [3.05, 3.63) is 59.7 Å². The van der Waals surface area contributed by atoms with E-state index in [0.717, 1.165) is 22.6 Å². The fraction of sp³-hybridized carbons (Fsp3) is 0.417. The van der Waals surface area contributed by atoms with Gasteiger partial charge in [-0.1, -0.05) is 36.4 Å². The first-order chi connectivity index (χ1) is 14.5. The third-order valence-corrected chi connectivity index (χ3v) is 5.38. The fourth-order valence-electron chi connectivity index (χ4n) is 3.64. The summed E-state index contributed by atoms with van der Waals surface area (Å²) in [7, 11) is 0. The summed E-state index contributed by atoms with van der Waals surface area (Å²) in [5.41, 5.74) is 3.03. The van der Waals surface area contributed by atoms with Crippen LogP contribution in [-0.4, -0.2) is 60.9 Å². The molecule has 0 aromatic heterocycles. The molecule has 6 heteroatoms. The van der Waals surface area contributed by atoms with E-state index in [2.05, 4.69) is 10.2 Å². The molecule has 0 spiro atoms. The smallest absolute Gasteiger partial charge is 0.238 e. The van der Waals surface area contributed by atoms with E-state index in [-0.39, 0.29) is 11.8 Å². The van der Waals surface area contributed by atoms with Crippen LogP contribution in [-0.2, 0) is 9.59 Å². The second-order valence-electron chi connectivity index (χ2n) is 7.74. The van der Waals surface area contributed by atoms with Crippen LogP contribution in [0.2, 0.25) is 0 Å². The Morgan fingerprint density at radius 2 is 1.60 bits per heavy atom. The second kappa shape index (κ2) is 10.8. The molecule has 3 rings (SSSR count). The van der Waals surface area contributed by atoms with E-state index >= 15 is 0 Å². The quantitative estimate of drug-likeness (QED) is 0.680. The van der Waals surface area contributed by atoms with E-state index < -0.39 is 0 Å². The maximum Gasteiger partial charge on any atom is 0.238 e. The molecule has 30 heavy (non-hydrogen) atoms. The van der Waals surface area contributed by atoms with Crippen LogP contribution in [0.4, 0.5) is 5.69 Å². The molecular weight excluding hydrogens is 378 g/mol. The van der Waals surface area contributed by atoms with Gasteiger partial charge in [0, 0.05) is 38.3 Å². The molecule has 1 aliphatic rings. The molecule has 0 radical (unpaired) electrons. The van der Waals surface area contributed by atoms with Crippen LogP contribution >= 0.6 is 0 Å². The minimum absolute atomic E-state index is 0.00904. The lowest BCUT2D eigenvalue weighted by Gasteiger charge is -2.34. The summed E-state index contributed by atoms with van der Waals surface area (Å²) in [6, 6.07) is 15.6. The van der Waals surface area contributed by atoms with Crippen molar-refractivity contribution in [3.63, 3.8) is 0 Å². The average Bonchev–Trinajstić information content (AvgIpc) is 2.75. The van der Waals surface area contributed by atoms with Crippen LogP contribution in [0.5, 0.6) is 5.75 Å². The Kier molecular flexibility index (Phi) is 7.85. The van der Waals surface area contributed by atoms with Crippen LogP contribution in [0.1, 0.15) is 24.0 Å². The lowest BCUT2D eigenvalue weighted by molar-refractivity contribution is -0.133. The van der Waals surface area contributed by atoms with Gasteiger partial charge in [0.15, 0.2) is 0 Å². The maximum absolute atomic E-state index is 12.4. The summed E-state index contributed by atoms with van der Waals surface area (Å²) < 4.78 is 5.65. The molecule has 6 nitrogen and oxygen atoms in total. The summed E-state index contributed by atoms with van der Waals surface area (Å²) in [6.45, 7) is 7.63. The Balaban J connectivity index is 1.35. The van der Waals surface area contributed by atoms with Crippen LogP contribution in [0, 0.1) is 13.8 Å². The first-order valence-electron chi connectivity index (χ1n) is 10.6. The molecule has 2 amide bonds. The molecule has 0 aliphatic carbocycles. The number of para-hydroxylation sites is 2. The van der Waals surface area contributed by atoms with Crippen molar-refractivity contribution in [1.82, 2.24) is 9.80 Å². The SMILES string of the molecule is Cc1cccc(C)c1NC(=O)CN1CCN(C(=O)CCCOc2ccccc2)CC1. The molecule has 160 valence electrons. The number of aryl methyl sites for hydroxylation is 2. The van der Waals surface area contributed by atoms with Crippen molar-refractivity contribution >= 4 is 17.5 Å². The topological polar surface area (TPSA) is 61.9 Å². The number of nitrogens with one attached hydrogen (secondary N) is 1. The number of amides is 2. The Labute approximate surface area is 178 Å². The van der Waals surface area contributed by atoms with Crippen LogP contribution < -0.4 is 10.1 Å². The van der Waals surface area contributed by atoms with Gasteiger partial charge >= 0.3 is 0 Å². The van der Waals surface area contributed by atoms with Crippen LogP contribution in [0.15, 0.2) is 48.5 Å². The van der Waals surface area contributed by atoms with E-state index in [4.69, 9.17) is 4.74 Å². The van der Waals surface area contributed by atoms with Crippen LogP contribution in [0.25, 0.3) is 0 Å². The molecule has 0 saturated carbocycles. The van der Waals surface area contributed by atoms with Crippen molar-refractivity contribution in [2.75, 3.05) is 44.6 Å². The van der Waals surface area contributed by atoms with E-state index in [0.29, 0.717) is 52.2 Å². The second-order valence-corrected chi connectivity index (χ2v) is 7.74. The van der Waals surface area contributed by atoms with E-state index in [1.165, 1.54) is 0 Å². The average molecular weight is 410 g/mol. The summed E-state index contributed by atoms with van der Waals surface area (Å²) in [6.07, 6.45) is 1.19. The first-order valence-corrected chi connectivity index (χ1v) is 10.6. The van der Waals surface area contributed by atoms with Gasteiger partial charge in [-0.15, -0.1) is 0 Å². The number of anilines is 1. The molecule has 1 saturated heterocycles. The van der Waals surface area contributed by atoms with Crippen molar-refractivity contribution < 1.29 is 14.3 Å². The highest BCUT2D eigenvalue weighted by molar-refractivity contribution is 5.93. The van der Waals surface area contributed by atoms with E-state index in [1.807, 2.05) is 67.3 Å². The summed E-state index contributed by atoms with van der Waals surface area (Å²) in [5, 5.41) is 3.03. The molecular formula is C24H31N3O3. The third-order valence-electron chi connectivity index (χ3n) is 5.38. The van der Waals surface area contributed by atoms with E-state index in [9.17, 15) is 9.59 Å². The number of ether oxygens (including phenoxy) is 1. The Hall–Kier alpha value is -2.86. The maximum atomic E-state index is 12.4. The van der Waals surface area contributed by atoms with Crippen molar-refractivity contribution in [2.45, 2.75) is 26.7 Å². The van der Waals surface area contributed by atoms with Gasteiger partial charge < -0.3 is 15.0 Å². The number of hydrogen-bond donors (Lipinski definition) is 1. The monoisotopic (exact) mass is 409 g/mol. The fourth-order valence-corrected chi connectivity index (χ4v) is 3.64. The zero-order valence-electron chi connectivity index (χ0n) is 17.9. The molecule has 1 heterocycles. The molecule has 1 aliphatic heterocycles. The predicted molar refractivity (Wildman–Crippen MR) is 119 cm³/mol. The minimum Gasteiger partial charge on any atom is -0.494 e. The molecule has 2 aromatic rings. The number of carbonyl (C=O) groups is 2. The first kappa shape index (κ1) is 21.8. The summed E-state index contributed by atoms with van der Waals surface area (Å²) >= 11 is 0. The lowest BCUT2D eigenvalue weighted by atomic mass is 10.1. The van der Waals surface area contributed by atoms with Gasteiger partial charge in [0.1, 0.15) is 5.75 Å². The summed E-state index contributed by atoms with van der Waals surface area (Å²) in [5.74, 6) is 0.981. The molecule has 0 unspecified atom stereocenters. The largest absolute Gasteiger partial charge is 0.494 e. The van der Waals surface area contributed by atoms with Gasteiger partial charge in [-0.05, 0) is 43.5 Å². The van der Waals surface area contributed by atoms with Gasteiger partial charge in [0.25, 0.3) is 0 Å². The van der Waals surface area contributed by atoms with Gasteiger partial charge in [-0.3, -0.25) is 14.5 Å². The van der Waals surface area contributed by atoms with Gasteiger partial charge in [-0.2, -0.15) is 0 Å². The Morgan fingerprint density at radius 3 is 2.27 bits per heavy atom. The van der Waals surface area contributed by atoms with Crippen molar-refractivity contribution in [2.24, 2.45) is 0 Å². The lowest BCUT2D eigenvalue weighted by Crippen LogP contribution is -2.50. The molecule has 1 fully saturated rings. The Morgan fingerprint density at radius 1 is 0.933 bits per heavy atom. The number of nitrogens with zero attached hydrogens (tertiary/aromatic N) is 2. The van der Waals surface area contributed by atoms with Gasteiger partial charge in [0.2, 0.25) is 11.8 Å². The van der Waals surface area contributed by atoms with Crippen molar-refractivity contribution in [1.29, 1.82) is 0 Å². The zero-order chi connectivity index (χ0) is 21.3. The highest BCUT2D eigenvalue weighted by Gasteiger charge is 2.22. The third kappa shape index (κ3) is 6.32. The van der Waals surface area contributed by atoms with Gasteiger partial charge in [0.05, 0.1) is 13.2 Å². The zero-order valence-corrected chi connectivity index (χ0v) is 17.9. The highest BCUT2D eigenvalue weighted by Crippen LogP contribution is 2.19. The normalized spacial score (nSPS) is 14.4. The number of hydrogen-bond acceptors (Lipinski definition) is 4. The number of piperazine rings is 1. The standard InChI is InChI=1S/C24H31N3O3/c1-19-8-6-9-20(2)24(19)25-22(28)18-26-13-15-27(16-14-26)23(29)12-7-17-30-21-10-4-3-5-11-21/h3-6,8-11H,7,12-18H2,1-2H3,(H,25,28). The molecule has 1 N–H and O–H groups in total. The van der Waals surface area contributed by atoms with Crippen LogP contribution in [0.3, 0.4) is 0 Å². The molecule has 0 bridgehead atoms. The predicted octanol–water partition coefficient (Wildman–Crippen LogP) is 3.25. The highest BCUT2D eigenvalue weighted by atomic mass is 16.5. The number of carbonyl (C=O) groups excluding carboxylic acids is 2. The molecule has 2 aromatic carbocycles.